The van der Waals surface area contributed by atoms with Gasteiger partial charge in [-0.3, -0.25) is 14.9 Å². The summed E-state index contributed by atoms with van der Waals surface area (Å²) in [6.07, 6.45) is 0.961. The van der Waals surface area contributed by atoms with E-state index >= 15 is 0 Å². The lowest BCUT2D eigenvalue weighted by Gasteiger charge is -2.30. The summed E-state index contributed by atoms with van der Waals surface area (Å²) in [4.78, 5) is 33.9. The molecular formula is C22H22F3N5O4S. The summed E-state index contributed by atoms with van der Waals surface area (Å²) in [7, 11) is 0. The van der Waals surface area contributed by atoms with E-state index in [-0.39, 0.29) is 15.7 Å². The molecule has 0 spiro atoms. The summed E-state index contributed by atoms with van der Waals surface area (Å²) in [5.74, 6) is 1.76. The van der Waals surface area contributed by atoms with E-state index in [1.807, 2.05) is 4.90 Å². The Hall–Kier alpha value is -3.09. The van der Waals surface area contributed by atoms with Gasteiger partial charge in [0.2, 0.25) is 5.89 Å². The maximum Gasteiger partial charge on any atom is 0.416 e. The Kier molecular flexibility index (Phi) is 5.98. The van der Waals surface area contributed by atoms with Crippen molar-refractivity contribution in [2.75, 3.05) is 18.0 Å². The van der Waals surface area contributed by atoms with Gasteiger partial charge in [0, 0.05) is 30.5 Å². The average Bonchev–Trinajstić information content (AvgIpc) is 3.50. The van der Waals surface area contributed by atoms with Crippen molar-refractivity contribution in [3.05, 3.63) is 49.4 Å². The van der Waals surface area contributed by atoms with E-state index in [1.165, 1.54) is 12.8 Å². The van der Waals surface area contributed by atoms with Crippen molar-refractivity contribution in [2.24, 2.45) is 0 Å². The normalized spacial score (nSPS) is 18.0. The number of nitro groups is 1. The van der Waals surface area contributed by atoms with Crippen LogP contribution in [0.3, 0.4) is 0 Å². The highest BCUT2D eigenvalue weighted by atomic mass is 32.1. The van der Waals surface area contributed by atoms with E-state index < -0.39 is 38.9 Å². The van der Waals surface area contributed by atoms with Gasteiger partial charge >= 0.3 is 6.18 Å². The molecule has 0 unspecified atom stereocenters. The number of nitro benzene ring substituents is 1. The Morgan fingerprint density at radius 2 is 1.83 bits per heavy atom. The predicted molar refractivity (Wildman–Crippen MR) is 122 cm³/mol. The van der Waals surface area contributed by atoms with Crippen LogP contribution in [0.1, 0.15) is 73.2 Å². The molecule has 186 valence electrons. The van der Waals surface area contributed by atoms with E-state index in [0.29, 0.717) is 43.8 Å². The number of piperidine rings is 1. The molecule has 1 aromatic carbocycles. The molecule has 1 saturated heterocycles. The maximum atomic E-state index is 13.4. The smallest absolute Gasteiger partial charge is 0.348 e. The van der Waals surface area contributed by atoms with Crippen LogP contribution in [0.4, 0.5) is 24.0 Å². The first-order valence-electron chi connectivity index (χ1n) is 11.4. The molecule has 0 radical (unpaired) electrons. The summed E-state index contributed by atoms with van der Waals surface area (Å²) < 4.78 is 45.7. The topological polar surface area (TPSA) is 115 Å². The number of aromatic nitrogens is 3. The number of fused-ring (bicyclic) bond motifs is 1. The molecule has 13 heteroatoms. The lowest BCUT2D eigenvalue weighted by Crippen LogP contribution is -2.34. The van der Waals surface area contributed by atoms with E-state index in [1.54, 1.807) is 0 Å². The molecule has 0 atom stereocenters. The van der Waals surface area contributed by atoms with Crippen molar-refractivity contribution in [1.82, 2.24) is 15.1 Å². The van der Waals surface area contributed by atoms with E-state index in [0.717, 1.165) is 36.9 Å². The molecule has 2 fully saturated rings. The van der Waals surface area contributed by atoms with E-state index in [4.69, 9.17) is 4.52 Å². The third-order valence-electron chi connectivity index (χ3n) is 6.91. The maximum absolute atomic E-state index is 13.4. The molecule has 2 aromatic heterocycles. The van der Waals surface area contributed by atoms with E-state index in [9.17, 15) is 28.1 Å². The number of alkyl halides is 3. The van der Waals surface area contributed by atoms with Gasteiger partial charge in [-0.05, 0) is 38.7 Å². The Morgan fingerprint density at radius 1 is 1.14 bits per heavy atom. The van der Waals surface area contributed by atoms with Crippen LogP contribution in [0.2, 0.25) is 0 Å². The summed E-state index contributed by atoms with van der Waals surface area (Å²) in [5.41, 5.74) is -3.34. The summed E-state index contributed by atoms with van der Waals surface area (Å²) >= 11 is 0.868. The zero-order valence-corrected chi connectivity index (χ0v) is 19.6. The lowest BCUT2D eigenvalue weighted by molar-refractivity contribution is -0.383. The lowest BCUT2D eigenvalue weighted by atomic mass is 9.97. The number of halogens is 3. The Morgan fingerprint density at radius 3 is 2.46 bits per heavy atom. The fourth-order valence-corrected chi connectivity index (χ4v) is 6.20. The molecule has 3 aromatic rings. The van der Waals surface area contributed by atoms with Gasteiger partial charge in [0.25, 0.3) is 11.2 Å². The van der Waals surface area contributed by atoms with Gasteiger partial charge in [-0.25, -0.2) is 0 Å². The molecule has 1 aliphatic heterocycles. The van der Waals surface area contributed by atoms with Crippen molar-refractivity contribution < 1.29 is 22.6 Å². The van der Waals surface area contributed by atoms with Crippen molar-refractivity contribution in [3.63, 3.8) is 0 Å². The second kappa shape index (κ2) is 8.85. The van der Waals surface area contributed by atoms with Crippen LogP contribution in [0, 0.1) is 17.0 Å². The van der Waals surface area contributed by atoms with Crippen LogP contribution in [-0.2, 0) is 6.18 Å². The largest absolute Gasteiger partial charge is 0.416 e. The van der Waals surface area contributed by atoms with Gasteiger partial charge in [0.05, 0.1) is 15.9 Å². The van der Waals surface area contributed by atoms with Gasteiger partial charge in [0.1, 0.15) is 4.70 Å². The number of rotatable bonds is 4. The number of anilines is 1. The van der Waals surface area contributed by atoms with Gasteiger partial charge < -0.3 is 9.42 Å². The second-order valence-corrected chi connectivity index (χ2v) is 10.0. The number of hydrogen-bond donors (Lipinski definition) is 0. The quantitative estimate of drug-likeness (QED) is 0.343. The Labute approximate surface area is 201 Å². The van der Waals surface area contributed by atoms with Gasteiger partial charge in [0.15, 0.2) is 11.0 Å². The van der Waals surface area contributed by atoms with Crippen molar-refractivity contribution in [1.29, 1.82) is 0 Å². The van der Waals surface area contributed by atoms with Crippen LogP contribution in [0.25, 0.3) is 10.1 Å². The van der Waals surface area contributed by atoms with Crippen LogP contribution >= 0.6 is 11.3 Å². The molecule has 35 heavy (non-hydrogen) atoms. The first kappa shape index (κ1) is 23.6. The Balaban J connectivity index is 1.41. The Bertz CT molecular complexity index is 1340. The van der Waals surface area contributed by atoms with Gasteiger partial charge in [-0.2, -0.15) is 23.1 Å². The molecule has 1 saturated carbocycles. The van der Waals surface area contributed by atoms with Crippen LogP contribution in [0.5, 0.6) is 0 Å². The SMILES string of the molecule is Cc1c(C(F)(F)F)cc2c(=O)nc(N3CCC(c4nc(C5CCCC5)no4)CC3)sc2c1[N+](=O)[O-]. The molecule has 0 amide bonds. The highest BCUT2D eigenvalue weighted by Gasteiger charge is 2.38. The van der Waals surface area contributed by atoms with E-state index in [2.05, 4.69) is 15.1 Å². The van der Waals surface area contributed by atoms with Crippen LogP contribution < -0.4 is 10.5 Å². The minimum Gasteiger partial charge on any atom is -0.348 e. The minimum absolute atomic E-state index is 0.0528. The first-order valence-corrected chi connectivity index (χ1v) is 12.2. The van der Waals surface area contributed by atoms with Crippen molar-refractivity contribution in [2.45, 2.75) is 63.5 Å². The average molecular weight is 510 g/mol. The first-order chi connectivity index (χ1) is 16.6. The zero-order valence-electron chi connectivity index (χ0n) is 18.8. The highest BCUT2D eigenvalue weighted by molar-refractivity contribution is 7.22. The monoisotopic (exact) mass is 509 g/mol. The third kappa shape index (κ3) is 4.37. The minimum atomic E-state index is -4.83. The zero-order chi connectivity index (χ0) is 24.9. The molecule has 0 bridgehead atoms. The van der Waals surface area contributed by atoms with Crippen molar-refractivity contribution >= 4 is 32.2 Å². The van der Waals surface area contributed by atoms with Crippen LogP contribution in [-0.4, -0.2) is 33.1 Å². The van der Waals surface area contributed by atoms with Gasteiger partial charge in [-0.1, -0.05) is 29.3 Å². The number of benzene rings is 1. The summed E-state index contributed by atoms with van der Waals surface area (Å²) in [6.45, 7) is 2.04. The molecule has 1 aliphatic carbocycles. The van der Waals surface area contributed by atoms with Crippen molar-refractivity contribution in [3.8, 4) is 0 Å². The predicted octanol–water partition coefficient (Wildman–Crippen LogP) is 5.32. The number of nitrogens with zero attached hydrogens (tertiary/aromatic N) is 5. The fourth-order valence-electron chi connectivity index (χ4n) is 5.00. The number of hydrogen-bond acceptors (Lipinski definition) is 9. The summed E-state index contributed by atoms with van der Waals surface area (Å²) in [5, 5.41) is 15.7. The molecule has 3 heterocycles. The molecule has 2 aliphatic rings. The third-order valence-corrected chi connectivity index (χ3v) is 8.06. The van der Waals surface area contributed by atoms with Gasteiger partial charge in [-0.15, -0.1) is 0 Å². The molecule has 5 rings (SSSR count). The second-order valence-electron chi connectivity index (χ2n) is 9.06. The summed E-state index contributed by atoms with van der Waals surface area (Å²) in [6, 6.07) is 0.664. The standard InChI is InChI=1S/C22H22F3N5O4S/c1-11-15(22(23,24)25)10-14-17(16(11)30(32)33)35-21(27-19(14)31)29-8-6-13(7-9-29)20-26-18(28-34-20)12-4-2-3-5-12/h10,12-13H,2-9H2,1H3. The molecular weight excluding hydrogens is 487 g/mol. The fraction of sp³-hybridized carbons (Fsp3) is 0.545. The highest BCUT2D eigenvalue weighted by Crippen LogP contribution is 2.42. The molecule has 9 nitrogen and oxygen atoms in total. The van der Waals surface area contributed by atoms with Crippen LogP contribution in [0.15, 0.2) is 15.4 Å². The molecule has 0 N–H and O–H groups in total.